The van der Waals surface area contributed by atoms with Gasteiger partial charge in [0.25, 0.3) is 5.91 Å². The van der Waals surface area contributed by atoms with Crippen molar-refractivity contribution < 1.29 is 24.2 Å². The number of ether oxygens (including phenoxy) is 2. The minimum atomic E-state index is -1.09. The average molecular weight is 592 g/mol. The Hall–Kier alpha value is -2.91. The lowest BCUT2D eigenvalue weighted by Gasteiger charge is -2.21. The first-order valence-electron chi connectivity index (χ1n) is 12.7. The second-order valence-electron chi connectivity index (χ2n) is 8.88. The molecule has 0 fully saturated rings. The molecule has 0 saturated carbocycles. The van der Waals surface area contributed by atoms with E-state index in [0.29, 0.717) is 28.7 Å². The van der Waals surface area contributed by atoms with E-state index in [4.69, 9.17) is 37.8 Å². The van der Waals surface area contributed by atoms with Gasteiger partial charge in [-0.3, -0.25) is 10.1 Å². The molecule has 1 heterocycles. The second kappa shape index (κ2) is 14.5. The van der Waals surface area contributed by atoms with Crippen LogP contribution < -0.4 is 10.1 Å². The fraction of sp³-hybridized carbons (Fsp3) is 0.345. The van der Waals surface area contributed by atoms with E-state index in [9.17, 15) is 9.59 Å². The van der Waals surface area contributed by atoms with Crippen LogP contribution in [0.3, 0.4) is 0 Å². The van der Waals surface area contributed by atoms with Crippen LogP contribution in [0.25, 0.3) is 17.3 Å². The molecule has 0 saturated heterocycles. The fourth-order valence-electron chi connectivity index (χ4n) is 4.00. The number of aromatic nitrogens is 1. The van der Waals surface area contributed by atoms with Gasteiger partial charge in [0.2, 0.25) is 0 Å². The van der Waals surface area contributed by atoms with Crippen molar-refractivity contribution in [1.82, 2.24) is 4.98 Å². The number of nitrogens with one attached hydrogen (secondary N) is 1. The summed E-state index contributed by atoms with van der Waals surface area (Å²) < 4.78 is 12.0. The molecule has 1 aromatic heterocycles. The van der Waals surface area contributed by atoms with E-state index in [0.717, 1.165) is 36.8 Å². The molecule has 0 aliphatic rings. The number of carbonyl (C=O) groups is 2. The second-order valence-corrected chi connectivity index (χ2v) is 10.6. The number of rotatable bonds is 13. The molecule has 0 aliphatic carbocycles. The highest BCUT2D eigenvalue weighted by molar-refractivity contribution is 7.14. The molecule has 2 N–H and O–H groups in total. The van der Waals surface area contributed by atoms with Gasteiger partial charge in [-0.2, -0.15) is 0 Å². The van der Waals surface area contributed by atoms with Gasteiger partial charge in [-0.15, -0.1) is 11.3 Å². The molecule has 3 rings (SSSR count). The van der Waals surface area contributed by atoms with Crippen molar-refractivity contribution in [2.75, 3.05) is 19.0 Å². The number of halogens is 2. The lowest BCUT2D eigenvalue weighted by atomic mass is 10.0. The van der Waals surface area contributed by atoms with Crippen LogP contribution in [0, 0.1) is 0 Å². The number of hydrogen-bond donors (Lipinski definition) is 2. The fourth-order valence-corrected chi connectivity index (χ4v) is 5.30. The predicted octanol–water partition coefficient (Wildman–Crippen LogP) is 8.52. The molecular formula is C29H32Cl2N2O5S. The third-order valence-corrected chi connectivity index (χ3v) is 7.46. The highest BCUT2D eigenvalue weighted by Gasteiger charge is 2.21. The first-order valence-corrected chi connectivity index (χ1v) is 14.3. The minimum absolute atomic E-state index is 0.0686. The molecule has 0 bridgehead atoms. The third kappa shape index (κ3) is 7.82. The largest absolute Gasteiger partial charge is 0.496 e. The number of amides is 1. The van der Waals surface area contributed by atoms with Crippen molar-refractivity contribution in [3.63, 3.8) is 0 Å². The van der Waals surface area contributed by atoms with Crippen LogP contribution in [-0.4, -0.2) is 35.7 Å². The van der Waals surface area contributed by atoms with E-state index < -0.39 is 11.9 Å². The van der Waals surface area contributed by atoms with Gasteiger partial charge in [0, 0.05) is 39.8 Å². The SMILES string of the molecule is CCCCCO[C@H](CC)c1cccc(-c2csc(NC(=O)c3cc(Cl)c(/C=C(\C)C(=O)O)c(Cl)c3)n2)c1OC. The van der Waals surface area contributed by atoms with Crippen LogP contribution in [-0.2, 0) is 9.53 Å². The number of hydrogen-bond acceptors (Lipinski definition) is 6. The zero-order valence-electron chi connectivity index (χ0n) is 22.3. The summed E-state index contributed by atoms with van der Waals surface area (Å²) in [4.78, 5) is 28.7. The van der Waals surface area contributed by atoms with E-state index in [1.54, 1.807) is 7.11 Å². The Balaban J connectivity index is 1.82. The molecule has 3 aromatic rings. The van der Waals surface area contributed by atoms with Crippen LogP contribution in [0.15, 0.2) is 41.3 Å². The molecule has 39 heavy (non-hydrogen) atoms. The number of carboxylic acid groups (broad SMARTS) is 1. The number of aliphatic carboxylic acids is 1. The van der Waals surface area contributed by atoms with Crippen molar-refractivity contribution in [3.8, 4) is 17.0 Å². The topological polar surface area (TPSA) is 97.8 Å². The molecule has 0 spiro atoms. The monoisotopic (exact) mass is 590 g/mol. The number of carbonyl (C=O) groups excluding carboxylic acids is 1. The van der Waals surface area contributed by atoms with Crippen LogP contribution in [0.4, 0.5) is 5.13 Å². The molecule has 1 amide bonds. The molecule has 2 aromatic carbocycles. The van der Waals surface area contributed by atoms with E-state index in [1.807, 2.05) is 23.6 Å². The van der Waals surface area contributed by atoms with Crippen molar-refractivity contribution in [2.24, 2.45) is 0 Å². The normalized spacial score (nSPS) is 12.3. The summed E-state index contributed by atoms with van der Waals surface area (Å²) in [5, 5.41) is 14.5. The lowest BCUT2D eigenvalue weighted by molar-refractivity contribution is -0.132. The summed E-state index contributed by atoms with van der Waals surface area (Å²) in [5.74, 6) is -0.838. The number of anilines is 1. The Morgan fingerprint density at radius 2 is 1.90 bits per heavy atom. The summed E-state index contributed by atoms with van der Waals surface area (Å²) >= 11 is 13.9. The number of nitrogens with zero attached hydrogens (tertiary/aromatic N) is 1. The van der Waals surface area contributed by atoms with Crippen LogP contribution in [0.1, 0.15) is 74.0 Å². The van der Waals surface area contributed by atoms with Gasteiger partial charge >= 0.3 is 5.97 Å². The van der Waals surface area contributed by atoms with Crippen molar-refractivity contribution >= 4 is 57.6 Å². The van der Waals surface area contributed by atoms with Crippen LogP contribution >= 0.6 is 34.5 Å². The highest BCUT2D eigenvalue weighted by atomic mass is 35.5. The van der Waals surface area contributed by atoms with Crippen molar-refractivity contribution in [1.29, 1.82) is 0 Å². The summed E-state index contributed by atoms with van der Waals surface area (Å²) in [6, 6.07) is 8.77. The number of para-hydroxylation sites is 1. The van der Waals surface area contributed by atoms with Gasteiger partial charge < -0.3 is 14.6 Å². The quantitative estimate of drug-likeness (QED) is 0.153. The van der Waals surface area contributed by atoms with Gasteiger partial charge in [0.15, 0.2) is 5.13 Å². The molecule has 0 radical (unpaired) electrons. The summed E-state index contributed by atoms with van der Waals surface area (Å²) in [7, 11) is 1.63. The molecule has 0 aliphatic heterocycles. The van der Waals surface area contributed by atoms with Gasteiger partial charge in [-0.25, -0.2) is 9.78 Å². The summed E-state index contributed by atoms with van der Waals surface area (Å²) in [6.45, 7) is 6.37. The Morgan fingerprint density at radius 3 is 2.51 bits per heavy atom. The number of unbranched alkanes of at least 4 members (excludes halogenated alkanes) is 2. The molecule has 0 unspecified atom stereocenters. The van der Waals surface area contributed by atoms with Gasteiger partial charge in [-0.05, 0) is 44.0 Å². The Bertz CT molecular complexity index is 1330. The molecule has 1 atom stereocenters. The number of methoxy groups -OCH3 is 1. The highest BCUT2D eigenvalue weighted by Crippen LogP contribution is 2.39. The van der Waals surface area contributed by atoms with Crippen LogP contribution in [0.2, 0.25) is 10.0 Å². The van der Waals surface area contributed by atoms with Crippen molar-refractivity contribution in [3.05, 3.63) is 68.0 Å². The Morgan fingerprint density at radius 1 is 1.18 bits per heavy atom. The standard InChI is InChI=1S/C29H32Cl2N2O5S/c1-5-7-8-12-38-25(6-2)20-11-9-10-19(26(20)37-4)24-16-39-29(32-24)33-27(34)18-14-22(30)21(23(31)15-18)13-17(3)28(35)36/h9-11,13-16,25H,5-8,12H2,1-4H3,(H,35,36)(H,32,33,34)/b17-13+/t25-/m1/s1. The summed E-state index contributed by atoms with van der Waals surface area (Å²) in [5.41, 5.74) is 3.05. The van der Waals surface area contributed by atoms with Crippen molar-refractivity contribution in [2.45, 2.75) is 52.6 Å². The van der Waals surface area contributed by atoms with E-state index in [1.165, 1.54) is 36.5 Å². The molecule has 10 heteroatoms. The number of benzene rings is 2. The minimum Gasteiger partial charge on any atom is -0.496 e. The number of thiazole rings is 1. The maximum absolute atomic E-state index is 12.9. The molecular weight excluding hydrogens is 559 g/mol. The average Bonchev–Trinajstić information content (AvgIpc) is 3.38. The maximum Gasteiger partial charge on any atom is 0.331 e. The van der Waals surface area contributed by atoms with E-state index in [-0.39, 0.29) is 27.3 Å². The Kier molecular flexibility index (Phi) is 11.4. The van der Waals surface area contributed by atoms with E-state index >= 15 is 0 Å². The zero-order valence-corrected chi connectivity index (χ0v) is 24.7. The molecule has 7 nitrogen and oxygen atoms in total. The number of carboxylic acids is 1. The zero-order chi connectivity index (χ0) is 28.5. The third-order valence-electron chi connectivity index (χ3n) is 6.07. The van der Waals surface area contributed by atoms with E-state index in [2.05, 4.69) is 24.1 Å². The van der Waals surface area contributed by atoms with Gasteiger partial charge in [0.05, 0.1) is 29.0 Å². The predicted molar refractivity (Wildman–Crippen MR) is 158 cm³/mol. The Labute approximate surface area is 242 Å². The summed E-state index contributed by atoms with van der Waals surface area (Å²) in [6.07, 6.45) is 5.35. The lowest BCUT2D eigenvalue weighted by Crippen LogP contribution is -2.12. The molecule has 208 valence electrons. The van der Waals surface area contributed by atoms with Gasteiger partial charge in [0.1, 0.15) is 5.75 Å². The smallest absolute Gasteiger partial charge is 0.331 e. The maximum atomic E-state index is 12.9. The van der Waals surface area contributed by atoms with Gasteiger partial charge in [-0.1, -0.05) is 62.0 Å². The first kappa shape index (κ1) is 30.6. The van der Waals surface area contributed by atoms with Crippen LogP contribution in [0.5, 0.6) is 5.75 Å². The first-order chi connectivity index (χ1) is 18.7.